The van der Waals surface area contributed by atoms with Gasteiger partial charge in [0.2, 0.25) is 0 Å². The van der Waals surface area contributed by atoms with E-state index in [1.165, 1.54) is 12.0 Å². The number of hydrogen-bond acceptors (Lipinski definition) is 2. The van der Waals surface area contributed by atoms with Crippen molar-refractivity contribution in [3.63, 3.8) is 0 Å². The van der Waals surface area contributed by atoms with Crippen LogP contribution in [0.1, 0.15) is 37.2 Å². The summed E-state index contributed by atoms with van der Waals surface area (Å²) in [6.45, 7) is 2.25. The summed E-state index contributed by atoms with van der Waals surface area (Å²) in [6, 6.07) is 10.5. The quantitative estimate of drug-likeness (QED) is 0.861. The van der Waals surface area contributed by atoms with Crippen LogP contribution >= 0.6 is 0 Å². The van der Waals surface area contributed by atoms with Crippen LogP contribution in [0.15, 0.2) is 30.3 Å². The van der Waals surface area contributed by atoms with Gasteiger partial charge in [-0.3, -0.25) is 4.79 Å². The van der Waals surface area contributed by atoms with Gasteiger partial charge in [0.1, 0.15) is 5.78 Å². The van der Waals surface area contributed by atoms with E-state index in [0.29, 0.717) is 17.6 Å². The molecule has 2 fully saturated rings. The molecule has 0 amide bonds. The van der Waals surface area contributed by atoms with Crippen molar-refractivity contribution in [2.45, 2.75) is 31.6 Å². The van der Waals surface area contributed by atoms with Gasteiger partial charge < -0.3 is 5.32 Å². The second kappa shape index (κ2) is 5.23. The Labute approximate surface area is 109 Å². The smallest absolute Gasteiger partial charge is 0.136 e. The molecule has 1 saturated heterocycles. The van der Waals surface area contributed by atoms with E-state index >= 15 is 0 Å². The van der Waals surface area contributed by atoms with Crippen molar-refractivity contribution in [1.82, 2.24) is 5.32 Å². The summed E-state index contributed by atoms with van der Waals surface area (Å²) < 4.78 is 0. The lowest BCUT2D eigenvalue weighted by Gasteiger charge is -2.06. The summed E-state index contributed by atoms with van der Waals surface area (Å²) in [5, 5.41) is 3.36. The average Bonchev–Trinajstić information content (AvgIpc) is 3.05. The standard InChI is InChI=1S/C16H21NO/c18-16(7-6-12-8-9-17-11-12)15-10-14(15)13-4-2-1-3-5-13/h1-5,12,14-15,17H,6-11H2. The molecule has 1 aliphatic carbocycles. The maximum absolute atomic E-state index is 12.1. The fourth-order valence-electron chi connectivity index (χ4n) is 3.11. The third-order valence-electron chi connectivity index (χ3n) is 4.39. The minimum absolute atomic E-state index is 0.321. The van der Waals surface area contributed by atoms with Crippen molar-refractivity contribution >= 4 is 5.78 Å². The summed E-state index contributed by atoms with van der Waals surface area (Å²) >= 11 is 0. The summed E-state index contributed by atoms with van der Waals surface area (Å²) in [7, 11) is 0. The van der Waals surface area contributed by atoms with Crippen LogP contribution in [0.25, 0.3) is 0 Å². The van der Waals surface area contributed by atoms with Gasteiger partial charge >= 0.3 is 0 Å². The van der Waals surface area contributed by atoms with Crippen molar-refractivity contribution in [3.05, 3.63) is 35.9 Å². The molecule has 3 atom stereocenters. The number of Topliss-reactive ketones (excluding diaryl/α,β-unsaturated/α-hetero) is 1. The average molecular weight is 243 g/mol. The molecule has 18 heavy (non-hydrogen) atoms. The van der Waals surface area contributed by atoms with Crippen LogP contribution in [0.4, 0.5) is 0 Å². The van der Waals surface area contributed by atoms with Crippen molar-refractivity contribution in [3.8, 4) is 0 Å². The van der Waals surface area contributed by atoms with Crippen molar-refractivity contribution in [2.75, 3.05) is 13.1 Å². The molecule has 1 heterocycles. The summed E-state index contributed by atoms with van der Waals surface area (Å²) in [5.41, 5.74) is 1.35. The highest BCUT2D eigenvalue weighted by Gasteiger charge is 2.43. The number of nitrogens with one attached hydrogen (secondary N) is 1. The maximum atomic E-state index is 12.1. The van der Waals surface area contributed by atoms with E-state index in [0.717, 1.165) is 38.3 Å². The predicted octanol–water partition coefficient (Wildman–Crippen LogP) is 2.75. The topological polar surface area (TPSA) is 29.1 Å². The van der Waals surface area contributed by atoms with E-state index in [1.807, 2.05) is 6.07 Å². The molecular formula is C16H21NO. The third-order valence-corrected chi connectivity index (χ3v) is 4.39. The Morgan fingerprint density at radius 1 is 1.28 bits per heavy atom. The van der Waals surface area contributed by atoms with Crippen LogP contribution in [0.2, 0.25) is 0 Å². The third kappa shape index (κ3) is 2.64. The molecule has 1 aromatic rings. The van der Waals surface area contributed by atoms with Crippen LogP contribution in [-0.2, 0) is 4.79 Å². The van der Waals surface area contributed by atoms with Gasteiger partial charge in [-0.1, -0.05) is 30.3 Å². The lowest BCUT2D eigenvalue weighted by Crippen LogP contribution is -2.11. The van der Waals surface area contributed by atoms with Crippen LogP contribution in [0.3, 0.4) is 0 Å². The van der Waals surface area contributed by atoms with Crippen LogP contribution in [0.5, 0.6) is 0 Å². The van der Waals surface area contributed by atoms with Gasteiger partial charge in [-0.15, -0.1) is 0 Å². The van der Waals surface area contributed by atoms with Crippen molar-refractivity contribution in [1.29, 1.82) is 0 Å². The first-order valence-electron chi connectivity index (χ1n) is 7.13. The van der Waals surface area contributed by atoms with Crippen LogP contribution in [0, 0.1) is 11.8 Å². The molecule has 3 rings (SSSR count). The highest BCUT2D eigenvalue weighted by Crippen LogP contribution is 2.48. The molecule has 96 valence electrons. The van der Waals surface area contributed by atoms with E-state index in [2.05, 4.69) is 29.6 Å². The van der Waals surface area contributed by atoms with Crippen molar-refractivity contribution < 1.29 is 4.79 Å². The lowest BCUT2D eigenvalue weighted by molar-refractivity contribution is -0.120. The molecule has 2 aliphatic rings. The fourth-order valence-corrected chi connectivity index (χ4v) is 3.11. The van der Waals surface area contributed by atoms with Gasteiger partial charge in [-0.05, 0) is 49.8 Å². The summed E-state index contributed by atoms with van der Waals surface area (Å²) in [5.74, 6) is 2.07. The molecule has 0 radical (unpaired) electrons. The number of carbonyl (C=O) groups is 1. The van der Waals surface area contributed by atoms with Gasteiger partial charge in [-0.25, -0.2) is 0 Å². The monoisotopic (exact) mass is 243 g/mol. The second-order valence-corrected chi connectivity index (χ2v) is 5.72. The number of benzene rings is 1. The van der Waals surface area contributed by atoms with E-state index in [-0.39, 0.29) is 0 Å². The second-order valence-electron chi connectivity index (χ2n) is 5.72. The zero-order valence-corrected chi connectivity index (χ0v) is 10.8. The minimum Gasteiger partial charge on any atom is -0.316 e. The molecule has 1 saturated carbocycles. The van der Waals surface area contributed by atoms with Crippen LogP contribution in [-0.4, -0.2) is 18.9 Å². The first kappa shape index (κ1) is 11.9. The van der Waals surface area contributed by atoms with Gasteiger partial charge in [0.05, 0.1) is 0 Å². The highest BCUT2D eigenvalue weighted by molar-refractivity contribution is 5.85. The number of rotatable bonds is 5. The fraction of sp³-hybridized carbons (Fsp3) is 0.562. The van der Waals surface area contributed by atoms with Crippen molar-refractivity contribution in [2.24, 2.45) is 11.8 Å². The number of hydrogen-bond donors (Lipinski definition) is 1. The van der Waals surface area contributed by atoms with Gasteiger partial charge in [0.25, 0.3) is 0 Å². The lowest BCUT2D eigenvalue weighted by atomic mass is 9.98. The molecule has 1 aromatic carbocycles. The van der Waals surface area contributed by atoms with Gasteiger partial charge in [0, 0.05) is 12.3 Å². The highest BCUT2D eigenvalue weighted by atomic mass is 16.1. The molecule has 2 nitrogen and oxygen atoms in total. The molecule has 1 N–H and O–H groups in total. The first-order chi connectivity index (χ1) is 8.84. The van der Waals surface area contributed by atoms with E-state index < -0.39 is 0 Å². The molecule has 0 spiro atoms. The Morgan fingerprint density at radius 3 is 2.83 bits per heavy atom. The first-order valence-corrected chi connectivity index (χ1v) is 7.13. The SMILES string of the molecule is O=C(CCC1CCNC1)C1CC1c1ccccc1. The Balaban J connectivity index is 1.47. The van der Waals surface area contributed by atoms with Gasteiger partial charge in [-0.2, -0.15) is 0 Å². The zero-order valence-electron chi connectivity index (χ0n) is 10.8. The molecule has 1 aliphatic heterocycles. The van der Waals surface area contributed by atoms with Gasteiger partial charge in [0.15, 0.2) is 0 Å². The minimum atomic E-state index is 0.321. The van der Waals surface area contributed by atoms with E-state index in [9.17, 15) is 4.79 Å². The molecule has 3 unspecified atom stereocenters. The Morgan fingerprint density at radius 2 is 2.11 bits per heavy atom. The van der Waals surface area contributed by atoms with E-state index in [1.54, 1.807) is 0 Å². The summed E-state index contributed by atoms with van der Waals surface area (Å²) in [6.07, 6.45) is 4.20. The number of ketones is 1. The Bertz CT molecular complexity index is 408. The predicted molar refractivity (Wildman–Crippen MR) is 72.5 cm³/mol. The Hall–Kier alpha value is -1.15. The van der Waals surface area contributed by atoms with Crippen LogP contribution < -0.4 is 5.32 Å². The molecule has 0 bridgehead atoms. The largest absolute Gasteiger partial charge is 0.316 e. The molecular weight excluding hydrogens is 222 g/mol. The molecule has 0 aromatic heterocycles. The molecule has 2 heteroatoms. The normalized spacial score (nSPS) is 30.3. The zero-order chi connectivity index (χ0) is 12.4. The van der Waals surface area contributed by atoms with E-state index in [4.69, 9.17) is 0 Å². The number of carbonyl (C=O) groups excluding carboxylic acids is 1. The Kier molecular flexibility index (Phi) is 3.46. The summed E-state index contributed by atoms with van der Waals surface area (Å²) in [4.78, 5) is 12.1. The maximum Gasteiger partial charge on any atom is 0.136 e.